The minimum absolute atomic E-state index is 0.473. The smallest absolute Gasteiger partial charge is 0.134 e. The van der Waals surface area contributed by atoms with Crippen LogP contribution in [0.4, 0.5) is 4.79 Å². The Hall–Kier alpha value is -0.770. The van der Waals surface area contributed by atoms with Crippen LogP contribution in [0, 0.1) is 0 Å². The number of carboxylic acid groups (broad SMARTS) is 1. The molecule has 0 aliphatic carbocycles. The summed E-state index contributed by atoms with van der Waals surface area (Å²) in [6.45, 7) is 1.36. The molecule has 0 radical (unpaired) electrons. The fourth-order valence-corrected chi connectivity index (χ4v) is 0.586. The quantitative estimate of drug-likeness (QED) is 0.509. The van der Waals surface area contributed by atoms with Crippen molar-refractivity contribution in [1.82, 2.24) is 10.2 Å². The molecular weight excluding hydrogens is 132 g/mol. The predicted molar refractivity (Wildman–Crippen MR) is 36.6 cm³/mol. The summed E-state index contributed by atoms with van der Waals surface area (Å²) in [5.74, 6) is 0. The third-order valence-corrected chi connectivity index (χ3v) is 1.05. The molecule has 0 aromatic heterocycles. The van der Waals surface area contributed by atoms with Gasteiger partial charge in [0.15, 0.2) is 0 Å². The molecule has 0 rings (SSSR count). The molecule has 60 valence electrons. The molecule has 4 heteroatoms. The first-order chi connectivity index (χ1) is 4.63. The maximum atomic E-state index is 9.81. The van der Waals surface area contributed by atoms with Crippen molar-refractivity contribution < 1.29 is 9.90 Å². The summed E-state index contributed by atoms with van der Waals surface area (Å²) in [6, 6.07) is 0. The van der Waals surface area contributed by atoms with Crippen molar-refractivity contribution in [3.05, 3.63) is 0 Å². The van der Waals surface area contributed by atoms with Crippen molar-refractivity contribution in [2.45, 2.75) is 6.42 Å². The molecule has 0 aliphatic heterocycles. The normalized spacial score (nSPS) is 9.90. The summed E-state index contributed by atoms with van der Waals surface area (Å²) in [6.07, 6.45) is -0.375. The van der Waals surface area contributed by atoms with Crippen LogP contribution in [0.5, 0.6) is 0 Å². The standard InChI is InChI=1S/C6H14N2O2/c1-8(2)5-3-4-7-6(9)10/h7H,3-5H2,1-2H3,(H,9,10)/p-1. The monoisotopic (exact) mass is 145 g/mol. The zero-order valence-corrected chi connectivity index (χ0v) is 6.39. The number of carbonyl (C=O) groups excluding carboxylic acids is 1. The van der Waals surface area contributed by atoms with Crippen LogP contribution in [0.1, 0.15) is 6.42 Å². The topological polar surface area (TPSA) is 55.4 Å². The molecule has 1 N–H and O–H groups in total. The summed E-state index contributed by atoms with van der Waals surface area (Å²) < 4.78 is 0. The summed E-state index contributed by atoms with van der Waals surface area (Å²) in [5.41, 5.74) is 0. The molecule has 0 saturated carbocycles. The second-order valence-corrected chi connectivity index (χ2v) is 2.37. The molecule has 4 nitrogen and oxygen atoms in total. The van der Waals surface area contributed by atoms with Crippen LogP contribution < -0.4 is 10.4 Å². The molecule has 0 spiro atoms. The fraction of sp³-hybridized carbons (Fsp3) is 0.833. The molecule has 0 aromatic rings. The zero-order chi connectivity index (χ0) is 7.98. The van der Waals surface area contributed by atoms with Crippen molar-refractivity contribution in [2.75, 3.05) is 27.2 Å². The van der Waals surface area contributed by atoms with Gasteiger partial charge in [-0.1, -0.05) is 0 Å². The van der Waals surface area contributed by atoms with E-state index in [0.29, 0.717) is 6.54 Å². The van der Waals surface area contributed by atoms with Gasteiger partial charge in [-0.25, -0.2) is 0 Å². The van der Waals surface area contributed by atoms with Crippen molar-refractivity contribution >= 4 is 6.09 Å². The summed E-state index contributed by atoms with van der Waals surface area (Å²) in [7, 11) is 3.89. The minimum Gasteiger partial charge on any atom is -0.530 e. The highest BCUT2D eigenvalue weighted by Gasteiger charge is 1.88. The first-order valence-corrected chi connectivity index (χ1v) is 3.22. The molecule has 0 fully saturated rings. The highest BCUT2D eigenvalue weighted by molar-refractivity contribution is 5.61. The van der Waals surface area contributed by atoms with E-state index in [1.165, 1.54) is 0 Å². The number of carbonyl (C=O) groups is 1. The average Bonchev–Trinajstić information content (AvgIpc) is 1.79. The molecule has 0 unspecified atom stereocenters. The van der Waals surface area contributed by atoms with E-state index in [-0.39, 0.29) is 0 Å². The molecule has 0 atom stereocenters. The van der Waals surface area contributed by atoms with Gasteiger partial charge in [-0.05, 0) is 27.1 Å². The van der Waals surface area contributed by atoms with Gasteiger partial charge in [0.25, 0.3) is 0 Å². The largest absolute Gasteiger partial charge is 0.530 e. The highest BCUT2D eigenvalue weighted by atomic mass is 16.4. The van der Waals surface area contributed by atoms with E-state index < -0.39 is 6.09 Å². The van der Waals surface area contributed by atoms with E-state index >= 15 is 0 Å². The molecule has 0 aliphatic rings. The third kappa shape index (κ3) is 7.23. The number of hydrogen-bond donors (Lipinski definition) is 1. The van der Waals surface area contributed by atoms with Crippen LogP contribution in [-0.2, 0) is 0 Å². The summed E-state index contributed by atoms with van der Waals surface area (Å²) in [4.78, 5) is 11.8. The van der Waals surface area contributed by atoms with Crippen LogP contribution in [0.3, 0.4) is 0 Å². The summed E-state index contributed by atoms with van der Waals surface area (Å²) in [5, 5.41) is 12.0. The number of rotatable bonds is 4. The van der Waals surface area contributed by atoms with Crippen LogP contribution in [0.15, 0.2) is 0 Å². The SMILES string of the molecule is CN(C)CCCNC(=O)[O-]. The van der Waals surface area contributed by atoms with Crippen LogP contribution >= 0.6 is 0 Å². The Labute approximate surface area is 60.8 Å². The Morgan fingerprint density at radius 3 is 2.60 bits per heavy atom. The van der Waals surface area contributed by atoms with Crippen molar-refractivity contribution in [3.8, 4) is 0 Å². The zero-order valence-electron chi connectivity index (χ0n) is 6.39. The third-order valence-electron chi connectivity index (χ3n) is 1.05. The first kappa shape index (κ1) is 9.23. The molecule has 0 bridgehead atoms. The number of nitrogens with one attached hydrogen (secondary N) is 1. The van der Waals surface area contributed by atoms with Gasteiger partial charge in [0.05, 0.1) is 0 Å². The molecule has 0 heterocycles. The van der Waals surface area contributed by atoms with Gasteiger partial charge >= 0.3 is 0 Å². The Balaban J connectivity index is 2.98. The molecule has 10 heavy (non-hydrogen) atoms. The van der Waals surface area contributed by atoms with Gasteiger partial charge in [0.2, 0.25) is 0 Å². The lowest BCUT2D eigenvalue weighted by molar-refractivity contribution is -0.250. The lowest BCUT2D eigenvalue weighted by Gasteiger charge is -2.10. The van der Waals surface area contributed by atoms with Crippen LogP contribution in [0.25, 0.3) is 0 Å². The molecule has 0 saturated heterocycles. The number of nitrogens with zero attached hydrogens (tertiary/aromatic N) is 1. The Morgan fingerprint density at radius 2 is 2.20 bits per heavy atom. The van der Waals surface area contributed by atoms with Crippen molar-refractivity contribution in [1.29, 1.82) is 0 Å². The van der Waals surface area contributed by atoms with Gasteiger partial charge in [0, 0.05) is 6.54 Å². The number of hydrogen-bond acceptors (Lipinski definition) is 3. The van der Waals surface area contributed by atoms with E-state index in [1.54, 1.807) is 0 Å². The molecule has 1 amide bonds. The van der Waals surface area contributed by atoms with Crippen molar-refractivity contribution in [3.63, 3.8) is 0 Å². The number of amides is 1. The highest BCUT2D eigenvalue weighted by Crippen LogP contribution is 1.79. The summed E-state index contributed by atoms with van der Waals surface area (Å²) >= 11 is 0. The maximum Gasteiger partial charge on any atom is 0.134 e. The van der Waals surface area contributed by atoms with Gasteiger partial charge in [-0.2, -0.15) is 0 Å². The fourth-order valence-electron chi connectivity index (χ4n) is 0.586. The molecular formula is C6H13N2O2-. The minimum atomic E-state index is -1.20. The second-order valence-electron chi connectivity index (χ2n) is 2.37. The van der Waals surface area contributed by atoms with Crippen LogP contribution in [-0.4, -0.2) is 38.2 Å². The lowest BCUT2D eigenvalue weighted by Crippen LogP contribution is -2.37. The van der Waals surface area contributed by atoms with Gasteiger partial charge in [-0.3, -0.25) is 0 Å². The van der Waals surface area contributed by atoms with Gasteiger partial charge in [-0.15, -0.1) is 0 Å². The Morgan fingerprint density at radius 1 is 1.60 bits per heavy atom. The molecule has 0 aromatic carbocycles. The maximum absolute atomic E-state index is 9.81. The van der Waals surface area contributed by atoms with Crippen LogP contribution in [0.2, 0.25) is 0 Å². The second kappa shape index (κ2) is 5.05. The Kier molecular flexibility index (Phi) is 4.66. The average molecular weight is 145 g/mol. The van der Waals surface area contributed by atoms with Crippen molar-refractivity contribution in [2.24, 2.45) is 0 Å². The van der Waals surface area contributed by atoms with E-state index in [1.807, 2.05) is 19.0 Å². The predicted octanol–water partition coefficient (Wildman–Crippen LogP) is -1.13. The van der Waals surface area contributed by atoms with E-state index in [0.717, 1.165) is 13.0 Å². The van der Waals surface area contributed by atoms with E-state index in [2.05, 4.69) is 5.32 Å². The Bertz CT molecular complexity index is 104. The first-order valence-electron chi connectivity index (χ1n) is 3.22. The van der Waals surface area contributed by atoms with E-state index in [4.69, 9.17) is 0 Å². The lowest BCUT2D eigenvalue weighted by atomic mass is 10.4. The van der Waals surface area contributed by atoms with Gasteiger partial charge in [0.1, 0.15) is 6.09 Å². The van der Waals surface area contributed by atoms with Gasteiger partial charge < -0.3 is 20.1 Å². The van der Waals surface area contributed by atoms with E-state index in [9.17, 15) is 9.90 Å².